The molecule has 1 amide bonds. The van der Waals surface area contributed by atoms with Gasteiger partial charge in [-0.1, -0.05) is 19.3 Å². The van der Waals surface area contributed by atoms with Gasteiger partial charge in [-0.25, -0.2) is 0 Å². The largest absolute Gasteiger partial charge is 0.480 e. The molecule has 0 bridgehead atoms. The highest BCUT2D eigenvalue weighted by molar-refractivity contribution is 7.80. The zero-order chi connectivity index (χ0) is 11.3. The van der Waals surface area contributed by atoms with E-state index >= 15 is 0 Å². The summed E-state index contributed by atoms with van der Waals surface area (Å²) in [5, 5.41) is 10.9. The molecule has 0 unspecified atom stereocenters. The first-order valence-corrected chi connectivity index (χ1v) is 5.85. The third kappa shape index (κ3) is 3.12. The third-order valence-electron chi connectivity index (χ3n) is 3.00. The summed E-state index contributed by atoms with van der Waals surface area (Å²) in [6, 6.07) is 0. The van der Waals surface area contributed by atoms with Gasteiger partial charge < -0.3 is 10.4 Å². The molecule has 0 aromatic carbocycles. The molecule has 0 aromatic heterocycles. The number of carbonyl (C=O) groups is 2. The molecule has 4 nitrogen and oxygen atoms in total. The molecule has 1 aliphatic carbocycles. The van der Waals surface area contributed by atoms with E-state index in [2.05, 4.69) is 17.9 Å². The normalized spacial score (nSPS) is 19.5. The first-order chi connectivity index (χ1) is 7.10. The summed E-state index contributed by atoms with van der Waals surface area (Å²) < 4.78 is 0. The lowest BCUT2D eigenvalue weighted by atomic mass is 9.75. The Bertz CT molecular complexity index is 249. The van der Waals surface area contributed by atoms with E-state index in [9.17, 15) is 9.59 Å². The maximum absolute atomic E-state index is 11.8. The van der Waals surface area contributed by atoms with Crippen molar-refractivity contribution in [2.75, 3.05) is 12.3 Å². The summed E-state index contributed by atoms with van der Waals surface area (Å²) in [6.07, 6.45) is 4.85. The molecule has 5 heteroatoms. The number of rotatable bonds is 4. The van der Waals surface area contributed by atoms with Gasteiger partial charge in [0.1, 0.15) is 6.54 Å². The van der Waals surface area contributed by atoms with E-state index in [0.29, 0.717) is 5.75 Å². The molecule has 0 atom stereocenters. The van der Waals surface area contributed by atoms with Gasteiger partial charge in [0, 0.05) is 5.75 Å². The molecule has 15 heavy (non-hydrogen) atoms. The number of carboxylic acids is 1. The van der Waals surface area contributed by atoms with E-state index in [0.717, 1.165) is 32.1 Å². The second kappa shape index (κ2) is 5.39. The molecule has 0 radical (unpaired) electrons. The molecule has 0 heterocycles. The minimum absolute atomic E-state index is 0.153. The van der Waals surface area contributed by atoms with Crippen molar-refractivity contribution in [1.29, 1.82) is 0 Å². The molecule has 86 valence electrons. The van der Waals surface area contributed by atoms with Crippen molar-refractivity contribution in [3.05, 3.63) is 0 Å². The van der Waals surface area contributed by atoms with Crippen molar-refractivity contribution in [2.45, 2.75) is 32.1 Å². The van der Waals surface area contributed by atoms with E-state index < -0.39 is 11.4 Å². The van der Waals surface area contributed by atoms with Crippen LogP contribution in [0.2, 0.25) is 0 Å². The SMILES string of the molecule is O=C(O)CNC(=O)C1(CS)CCCCC1. The fraction of sp³-hybridized carbons (Fsp3) is 0.800. The molecule has 1 aliphatic rings. The van der Waals surface area contributed by atoms with Gasteiger partial charge in [-0.05, 0) is 12.8 Å². The zero-order valence-electron chi connectivity index (χ0n) is 8.66. The van der Waals surface area contributed by atoms with Crippen LogP contribution in [0.4, 0.5) is 0 Å². The van der Waals surface area contributed by atoms with E-state index in [1.807, 2.05) is 0 Å². The molecule has 0 spiro atoms. The summed E-state index contributed by atoms with van der Waals surface area (Å²) in [6.45, 7) is -0.297. The Labute approximate surface area is 94.8 Å². The summed E-state index contributed by atoms with van der Waals surface area (Å²) in [5.74, 6) is -0.661. The Morgan fingerprint density at radius 1 is 1.27 bits per heavy atom. The van der Waals surface area contributed by atoms with Crippen LogP contribution in [-0.4, -0.2) is 29.3 Å². The Kier molecular flexibility index (Phi) is 4.45. The highest BCUT2D eigenvalue weighted by atomic mass is 32.1. The number of amides is 1. The second-order valence-corrected chi connectivity index (χ2v) is 4.39. The fourth-order valence-electron chi connectivity index (χ4n) is 2.03. The fourth-order valence-corrected chi connectivity index (χ4v) is 2.49. The monoisotopic (exact) mass is 231 g/mol. The Hall–Kier alpha value is -0.710. The van der Waals surface area contributed by atoms with Gasteiger partial charge in [-0.2, -0.15) is 12.6 Å². The van der Waals surface area contributed by atoms with Gasteiger partial charge in [-0.3, -0.25) is 9.59 Å². The predicted molar refractivity (Wildman–Crippen MR) is 60.0 cm³/mol. The minimum Gasteiger partial charge on any atom is -0.480 e. The highest BCUT2D eigenvalue weighted by Gasteiger charge is 2.38. The van der Waals surface area contributed by atoms with Gasteiger partial charge in [-0.15, -0.1) is 0 Å². The Balaban J connectivity index is 2.55. The van der Waals surface area contributed by atoms with Gasteiger partial charge in [0.05, 0.1) is 5.41 Å². The van der Waals surface area contributed by atoms with Gasteiger partial charge in [0.15, 0.2) is 0 Å². The molecule has 1 fully saturated rings. The number of carboxylic acid groups (broad SMARTS) is 1. The molecule has 1 saturated carbocycles. The van der Waals surface area contributed by atoms with Crippen LogP contribution >= 0.6 is 12.6 Å². The van der Waals surface area contributed by atoms with E-state index in [4.69, 9.17) is 5.11 Å². The van der Waals surface area contributed by atoms with E-state index in [-0.39, 0.29) is 12.5 Å². The quantitative estimate of drug-likeness (QED) is 0.634. The van der Waals surface area contributed by atoms with Crippen LogP contribution < -0.4 is 5.32 Å². The van der Waals surface area contributed by atoms with Crippen LogP contribution in [0.5, 0.6) is 0 Å². The van der Waals surface area contributed by atoms with Crippen molar-refractivity contribution in [3.8, 4) is 0 Å². The average Bonchev–Trinajstić information content (AvgIpc) is 2.26. The van der Waals surface area contributed by atoms with Crippen LogP contribution in [0, 0.1) is 5.41 Å². The first kappa shape index (κ1) is 12.4. The molecule has 2 N–H and O–H groups in total. The topological polar surface area (TPSA) is 66.4 Å². The molecule has 0 aliphatic heterocycles. The Morgan fingerprint density at radius 3 is 2.33 bits per heavy atom. The third-order valence-corrected chi connectivity index (χ3v) is 3.60. The van der Waals surface area contributed by atoms with E-state index in [1.165, 1.54) is 0 Å². The van der Waals surface area contributed by atoms with Gasteiger partial charge in [0.25, 0.3) is 0 Å². The molecular formula is C10H17NO3S. The number of carbonyl (C=O) groups excluding carboxylic acids is 1. The highest BCUT2D eigenvalue weighted by Crippen LogP contribution is 2.37. The second-order valence-electron chi connectivity index (χ2n) is 4.08. The summed E-state index contributed by atoms with van der Waals surface area (Å²) in [5.41, 5.74) is -0.434. The van der Waals surface area contributed by atoms with Crippen molar-refractivity contribution in [2.24, 2.45) is 5.41 Å². The van der Waals surface area contributed by atoms with Crippen LogP contribution in [0.15, 0.2) is 0 Å². The first-order valence-electron chi connectivity index (χ1n) is 5.22. The lowest BCUT2D eigenvalue weighted by Crippen LogP contribution is -2.45. The van der Waals surface area contributed by atoms with Gasteiger partial charge in [0.2, 0.25) is 5.91 Å². The average molecular weight is 231 g/mol. The number of aliphatic carboxylic acids is 1. The summed E-state index contributed by atoms with van der Waals surface area (Å²) in [4.78, 5) is 22.2. The lowest BCUT2D eigenvalue weighted by Gasteiger charge is -2.34. The molecule has 0 aromatic rings. The van der Waals surface area contributed by atoms with Crippen LogP contribution in [0.1, 0.15) is 32.1 Å². The van der Waals surface area contributed by atoms with Crippen LogP contribution in [0.25, 0.3) is 0 Å². The predicted octanol–water partition coefficient (Wildman–Crippen LogP) is 1.07. The van der Waals surface area contributed by atoms with Crippen molar-refractivity contribution < 1.29 is 14.7 Å². The van der Waals surface area contributed by atoms with Crippen molar-refractivity contribution in [1.82, 2.24) is 5.32 Å². The maximum atomic E-state index is 11.8. The summed E-state index contributed by atoms with van der Waals surface area (Å²) in [7, 11) is 0. The minimum atomic E-state index is -1.01. The standard InChI is InChI=1S/C10H17NO3S/c12-8(13)6-11-9(14)10(7-15)4-2-1-3-5-10/h15H,1-7H2,(H,11,14)(H,12,13). The molecule has 0 saturated heterocycles. The smallest absolute Gasteiger partial charge is 0.322 e. The van der Waals surface area contributed by atoms with Crippen LogP contribution in [-0.2, 0) is 9.59 Å². The van der Waals surface area contributed by atoms with Crippen molar-refractivity contribution in [3.63, 3.8) is 0 Å². The molecule has 1 rings (SSSR count). The lowest BCUT2D eigenvalue weighted by molar-refractivity contribution is -0.140. The summed E-state index contributed by atoms with van der Waals surface area (Å²) >= 11 is 4.22. The number of hydrogen-bond donors (Lipinski definition) is 3. The number of thiol groups is 1. The van der Waals surface area contributed by atoms with Crippen LogP contribution in [0.3, 0.4) is 0 Å². The van der Waals surface area contributed by atoms with Crippen molar-refractivity contribution >= 4 is 24.5 Å². The van der Waals surface area contributed by atoms with Gasteiger partial charge >= 0.3 is 5.97 Å². The number of hydrogen-bond acceptors (Lipinski definition) is 3. The number of nitrogens with one attached hydrogen (secondary N) is 1. The zero-order valence-corrected chi connectivity index (χ0v) is 9.56. The molecular weight excluding hydrogens is 214 g/mol. The van der Waals surface area contributed by atoms with E-state index in [1.54, 1.807) is 0 Å². The Morgan fingerprint density at radius 2 is 1.87 bits per heavy atom. The maximum Gasteiger partial charge on any atom is 0.322 e.